The molecule has 3 aromatic carbocycles. The lowest BCUT2D eigenvalue weighted by atomic mass is 10.1. The monoisotopic (exact) mass is 553 g/mol. The molecule has 194 valence electrons. The first kappa shape index (κ1) is 26.0. The minimum Gasteiger partial charge on any atom is -0.332 e. The molecule has 2 aromatic heterocycles. The number of anilines is 2. The first-order chi connectivity index (χ1) is 18.9. The Morgan fingerprint density at radius 1 is 0.846 bits per heavy atom. The minimum atomic E-state index is -3.89. The lowest BCUT2D eigenvalue weighted by molar-refractivity contribution is 0.0978. The van der Waals surface area contributed by atoms with E-state index >= 15 is 0 Å². The largest absolute Gasteiger partial charge is 0.332 e. The molecule has 10 heteroatoms. The zero-order chi connectivity index (χ0) is 27.2. The number of hydrogen-bond donors (Lipinski definition) is 2. The van der Waals surface area contributed by atoms with Crippen LogP contribution in [0.15, 0.2) is 121 Å². The molecule has 0 spiro atoms. The summed E-state index contributed by atoms with van der Waals surface area (Å²) in [6.45, 7) is 0.148. The Balaban J connectivity index is 1.30. The topological polar surface area (TPSA) is 104 Å². The maximum absolute atomic E-state index is 13.7. The van der Waals surface area contributed by atoms with Crippen LogP contribution in [0.5, 0.6) is 0 Å². The number of nitrogens with zero attached hydrogens (tertiary/aromatic N) is 3. The van der Waals surface area contributed by atoms with Gasteiger partial charge >= 0.3 is 0 Å². The summed E-state index contributed by atoms with van der Waals surface area (Å²) >= 11 is 5.30. The van der Waals surface area contributed by atoms with Crippen molar-refractivity contribution < 1.29 is 13.2 Å². The Morgan fingerprint density at radius 2 is 1.59 bits per heavy atom. The molecule has 0 saturated carbocycles. The number of fused-ring (bicyclic) bond motifs is 1. The second-order valence-corrected chi connectivity index (χ2v) is 10.8. The molecule has 0 aliphatic carbocycles. The summed E-state index contributed by atoms with van der Waals surface area (Å²) in [5.41, 5.74) is 3.00. The highest BCUT2D eigenvalue weighted by molar-refractivity contribution is 7.92. The van der Waals surface area contributed by atoms with Gasteiger partial charge in [0.15, 0.2) is 5.11 Å². The zero-order valence-electron chi connectivity index (χ0n) is 20.6. The Kier molecular flexibility index (Phi) is 7.57. The fraction of sp³-hybridized carbons (Fsp3) is 0.0345. The van der Waals surface area contributed by atoms with Crippen molar-refractivity contribution in [2.24, 2.45) is 0 Å². The summed E-state index contributed by atoms with van der Waals surface area (Å²) in [6.07, 6.45) is 4.92. The molecule has 0 fully saturated rings. The van der Waals surface area contributed by atoms with Crippen LogP contribution in [0.3, 0.4) is 0 Å². The fourth-order valence-electron chi connectivity index (χ4n) is 3.95. The number of carbonyl (C=O) groups excluding carboxylic acids is 1. The Hall–Kier alpha value is -4.67. The molecule has 0 radical (unpaired) electrons. The van der Waals surface area contributed by atoms with Crippen molar-refractivity contribution in [1.82, 2.24) is 15.3 Å². The Bertz CT molecular complexity index is 1730. The molecule has 0 aliphatic heterocycles. The average Bonchev–Trinajstić information content (AvgIpc) is 2.96. The highest BCUT2D eigenvalue weighted by atomic mass is 32.2. The van der Waals surface area contributed by atoms with Crippen LogP contribution >= 0.6 is 12.2 Å². The number of nitrogens with one attached hydrogen (secondary N) is 2. The summed E-state index contributed by atoms with van der Waals surface area (Å²) in [4.78, 5) is 21.1. The quantitative estimate of drug-likeness (QED) is 0.269. The van der Waals surface area contributed by atoms with Crippen LogP contribution in [-0.4, -0.2) is 29.4 Å². The summed E-state index contributed by atoms with van der Waals surface area (Å²) in [5.74, 6) is -0.381. The predicted molar refractivity (Wildman–Crippen MR) is 156 cm³/mol. The van der Waals surface area contributed by atoms with Gasteiger partial charge in [-0.15, -0.1) is 0 Å². The van der Waals surface area contributed by atoms with Crippen LogP contribution in [0.1, 0.15) is 15.9 Å². The number of hydrogen-bond acceptors (Lipinski definition) is 6. The number of sulfonamides is 1. The molecule has 5 aromatic rings. The van der Waals surface area contributed by atoms with Crippen molar-refractivity contribution in [2.75, 3.05) is 9.62 Å². The summed E-state index contributed by atoms with van der Waals surface area (Å²) in [6, 6.07) is 27.6. The van der Waals surface area contributed by atoms with E-state index in [1.165, 1.54) is 16.4 Å². The van der Waals surface area contributed by atoms with E-state index < -0.39 is 10.0 Å². The standard InChI is InChI=1S/C29H23N5O3S2/c35-28(23-9-8-22-5-4-16-31-27(22)19-23)33-29(38)32-24-10-12-26(13-11-24)39(36,37)34(25-6-2-1-3-7-25)20-21-14-17-30-18-15-21/h1-19H,20H2,(H2,32,33,35,38). The smallest absolute Gasteiger partial charge is 0.264 e. The van der Waals surface area contributed by atoms with Crippen LogP contribution in [-0.2, 0) is 16.6 Å². The molecule has 2 heterocycles. The third-order valence-corrected chi connectivity index (χ3v) is 7.91. The van der Waals surface area contributed by atoms with Crippen molar-refractivity contribution >= 4 is 55.5 Å². The number of thiocarbonyl (C=S) groups is 1. The molecule has 0 unspecified atom stereocenters. The number of benzene rings is 3. The van der Waals surface area contributed by atoms with Crippen molar-refractivity contribution in [2.45, 2.75) is 11.4 Å². The van der Waals surface area contributed by atoms with Gasteiger partial charge in [-0.05, 0) is 84.5 Å². The van der Waals surface area contributed by atoms with Crippen LogP contribution in [0, 0.1) is 0 Å². The van der Waals surface area contributed by atoms with Crippen LogP contribution in [0.2, 0.25) is 0 Å². The molecule has 1 amide bonds. The third kappa shape index (κ3) is 6.08. The second kappa shape index (κ2) is 11.4. The van der Waals surface area contributed by atoms with Gasteiger partial charge in [-0.25, -0.2) is 8.42 Å². The minimum absolute atomic E-state index is 0.0836. The molecule has 0 atom stereocenters. The van der Waals surface area contributed by atoms with Gasteiger partial charge in [-0.2, -0.15) is 0 Å². The van der Waals surface area contributed by atoms with Gasteiger partial charge in [-0.1, -0.05) is 30.3 Å². The number of para-hydroxylation sites is 1. The van der Waals surface area contributed by atoms with Crippen LogP contribution in [0.25, 0.3) is 10.9 Å². The van der Waals surface area contributed by atoms with E-state index in [1.54, 1.807) is 79.3 Å². The van der Waals surface area contributed by atoms with Crippen molar-refractivity contribution in [3.05, 3.63) is 127 Å². The van der Waals surface area contributed by atoms with Crippen LogP contribution < -0.4 is 14.9 Å². The summed E-state index contributed by atoms with van der Waals surface area (Å²) in [5, 5.41) is 6.58. The van der Waals surface area contributed by atoms with E-state index in [9.17, 15) is 13.2 Å². The molecule has 5 rings (SSSR count). The number of aromatic nitrogens is 2. The predicted octanol–water partition coefficient (Wildman–Crippen LogP) is 5.15. The lowest BCUT2D eigenvalue weighted by Gasteiger charge is -2.25. The van der Waals surface area contributed by atoms with Gasteiger partial charge in [0.25, 0.3) is 15.9 Å². The highest BCUT2D eigenvalue weighted by Crippen LogP contribution is 2.26. The van der Waals surface area contributed by atoms with Gasteiger partial charge in [0.2, 0.25) is 0 Å². The normalized spacial score (nSPS) is 11.1. The molecular weight excluding hydrogens is 530 g/mol. The summed E-state index contributed by atoms with van der Waals surface area (Å²) < 4.78 is 28.7. The number of amides is 1. The SMILES string of the molecule is O=C(NC(=S)Nc1ccc(S(=O)(=O)N(Cc2ccncc2)c2ccccc2)cc1)c1ccc2cccnc2c1. The number of pyridine rings is 2. The molecule has 2 N–H and O–H groups in total. The maximum atomic E-state index is 13.7. The molecule has 0 bridgehead atoms. The highest BCUT2D eigenvalue weighted by Gasteiger charge is 2.25. The number of rotatable bonds is 7. The van der Waals surface area contributed by atoms with Crippen molar-refractivity contribution in [3.8, 4) is 0 Å². The van der Waals surface area contributed by atoms with Crippen molar-refractivity contribution in [1.29, 1.82) is 0 Å². The van der Waals surface area contributed by atoms with Gasteiger partial charge in [0, 0.05) is 35.2 Å². The number of carbonyl (C=O) groups is 1. The first-order valence-corrected chi connectivity index (χ1v) is 13.8. The Morgan fingerprint density at radius 3 is 2.33 bits per heavy atom. The van der Waals surface area contributed by atoms with E-state index in [0.29, 0.717) is 22.5 Å². The van der Waals surface area contributed by atoms with E-state index in [1.807, 2.05) is 24.3 Å². The van der Waals surface area contributed by atoms with E-state index in [2.05, 4.69) is 20.6 Å². The molecule has 39 heavy (non-hydrogen) atoms. The molecule has 8 nitrogen and oxygen atoms in total. The van der Waals surface area contributed by atoms with Gasteiger partial charge in [0.05, 0.1) is 22.6 Å². The van der Waals surface area contributed by atoms with E-state index in [-0.39, 0.29) is 22.5 Å². The Labute approximate surface area is 231 Å². The molecule has 0 aliphatic rings. The lowest BCUT2D eigenvalue weighted by Crippen LogP contribution is -2.34. The zero-order valence-corrected chi connectivity index (χ0v) is 22.2. The third-order valence-electron chi connectivity index (χ3n) is 5.92. The van der Waals surface area contributed by atoms with E-state index in [4.69, 9.17) is 12.2 Å². The molecule has 0 saturated heterocycles. The van der Waals surface area contributed by atoms with Crippen molar-refractivity contribution in [3.63, 3.8) is 0 Å². The fourth-order valence-corrected chi connectivity index (χ4v) is 5.61. The maximum Gasteiger partial charge on any atom is 0.264 e. The van der Waals surface area contributed by atoms with E-state index in [0.717, 1.165) is 10.9 Å². The van der Waals surface area contributed by atoms with Gasteiger partial charge in [-0.3, -0.25) is 24.4 Å². The second-order valence-electron chi connectivity index (χ2n) is 8.55. The average molecular weight is 554 g/mol. The van der Waals surface area contributed by atoms with Gasteiger partial charge in [0.1, 0.15) is 0 Å². The van der Waals surface area contributed by atoms with Gasteiger partial charge < -0.3 is 5.32 Å². The van der Waals surface area contributed by atoms with Crippen LogP contribution in [0.4, 0.5) is 11.4 Å². The molecular formula is C29H23N5O3S2. The first-order valence-electron chi connectivity index (χ1n) is 11.9. The summed E-state index contributed by atoms with van der Waals surface area (Å²) in [7, 11) is -3.89.